The van der Waals surface area contributed by atoms with Crippen LogP contribution in [0.3, 0.4) is 0 Å². The second kappa shape index (κ2) is 6.71. The maximum atomic E-state index is 11.7. The molecular weight excluding hydrogens is 236 g/mol. The van der Waals surface area contributed by atoms with Gasteiger partial charge < -0.3 is 5.32 Å². The number of hydrogen-bond acceptors (Lipinski definition) is 3. The Morgan fingerprint density at radius 3 is 2.53 bits per heavy atom. The number of sulfonamides is 1. The first-order chi connectivity index (χ1) is 7.91. The molecule has 0 aromatic rings. The molecule has 0 aromatic heterocycles. The molecule has 2 N–H and O–H groups in total. The van der Waals surface area contributed by atoms with Gasteiger partial charge in [-0.2, -0.15) is 0 Å². The summed E-state index contributed by atoms with van der Waals surface area (Å²) in [5.41, 5.74) is 0. The summed E-state index contributed by atoms with van der Waals surface area (Å²) in [6, 6.07) is 0.333. The lowest BCUT2D eigenvalue weighted by Gasteiger charge is -2.16. The summed E-state index contributed by atoms with van der Waals surface area (Å²) < 4.78 is 26.2. The summed E-state index contributed by atoms with van der Waals surface area (Å²) in [4.78, 5) is 0. The third kappa shape index (κ3) is 5.84. The maximum Gasteiger partial charge on any atom is 0.212 e. The van der Waals surface area contributed by atoms with Crippen molar-refractivity contribution in [2.24, 2.45) is 11.8 Å². The Labute approximate surface area is 106 Å². The zero-order chi connectivity index (χ0) is 12.9. The number of rotatable bonds is 7. The standard InChI is InChI=1S/C12H26N2O2S/c1-10(2)13-7-8-17(15,16)14-9-12-6-4-5-11(12)3/h10-14H,4-9H2,1-3H3. The largest absolute Gasteiger partial charge is 0.313 e. The lowest BCUT2D eigenvalue weighted by atomic mass is 9.99. The fourth-order valence-electron chi connectivity index (χ4n) is 2.31. The van der Waals surface area contributed by atoms with Crippen molar-refractivity contribution in [1.29, 1.82) is 0 Å². The van der Waals surface area contributed by atoms with Crippen LogP contribution in [0.15, 0.2) is 0 Å². The lowest BCUT2D eigenvalue weighted by Crippen LogP contribution is -2.36. The van der Waals surface area contributed by atoms with Crippen LogP contribution in [0.5, 0.6) is 0 Å². The van der Waals surface area contributed by atoms with Crippen molar-refractivity contribution in [2.45, 2.75) is 46.1 Å². The van der Waals surface area contributed by atoms with E-state index in [1.54, 1.807) is 0 Å². The summed E-state index contributed by atoms with van der Waals surface area (Å²) in [5, 5.41) is 3.12. The van der Waals surface area contributed by atoms with E-state index in [0.29, 0.717) is 31.0 Å². The Kier molecular flexibility index (Phi) is 5.89. The Hall–Kier alpha value is -0.130. The molecule has 0 bridgehead atoms. The molecule has 1 aliphatic carbocycles. The minimum atomic E-state index is -3.10. The molecule has 5 heteroatoms. The van der Waals surface area contributed by atoms with Crippen LogP contribution in [0, 0.1) is 11.8 Å². The molecule has 1 saturated carbocycles. The quantitative estimate of drug-likeness (QED) is 0.728. The normalized spacial score (nSPS) is 25.6. The van der Waals surface area contributed by atoms with Crippen molar-refractivity contribution >= 4 is 10.0 Å². The molecule has 17 heavy (non-hydrogen) atoms. The minimum Gasteiger partial charge on any atom is -0.313 e. The average Bonchev–Trinajstić information content (AvgIpc) is 2.60. The van der Waals surface area contributed by atoms with E-state index in [2.05, 4.69) is 17.0 Å². The first-order valence-corrected chi connectivity index (χ1v) is 8.26. The van der Waals surface area contributed by atoms with Crippen LogP contribution in [0.4, 0.5) is 0 Å². The van der Waals surface area contributed by atoms with Gasteiger partial charge in [-0.15, -0.1) is 0 Å². The molecule has 0 aliphatic heterocycles. The Bertz CT molecular complexity index is 314. The molecule has 1 rings (SSSR count). The van der Waals surface area contributed by atoms with Crippen LogP contribution < -0.4 is 10.0 Å². The maximum absolute atomic E-state index is 11.7. The van der Waals surface area contributed by atoms with E-state index in [1.165, 1.54) is 12.8 Å². The molecule has 0 amide bonds. The van der Waals surface area contributed by atoms with Gasteiger partial charge in [0.15, 0.2) is 0 Å². The monoisotopic (exact) mass is 262 g/mol. The molecule has 2 atom stereocenters. The van der Waals surface area contributed by atoms with Gasteiger partial charge in [-0.1, -0.05) is 33.6 Å². The SMILES string of the molecule is CC(C)NCCS(=O)(=O)NCC1CCCC1C. The first kappa shape index (κ1) is 14.9. The summed E-state index contributed by atoms with van der Waals surface area (Å²) >= 11 is 0. The molecule has 0 heterocycles. The summed E-state index contributed by atoms with van der Waals surface area (Å²) in [6.07, 6.45) is 3.64. The third-order valence-electron chi connectivity index (χ3n) is 3.53. The van der Waals surface area contributed by atoms with Crippen LogP contribution in [0.25, 0.3) is 0 Å². The fraction of sp³-hybridized carbons (Fsp3) is 1.00. The smallest absolute Gasteiger partial charge is 0.212 e. The highest BCUT2D eigenvalue weighted by Crippen LogP contribution is 2.30. The van der Waals surface area contributed by atoms with E-state index < -0.39 is 10.0 Å². The molecule has 1 fully saturated rings. The fourth-order valence-corrected chi connectivity index (χ4v) is 3.31. The van der Waals surface area contributed by atoms with Gasteiger partial charge in [0.2, 0.25) is 10.0 Å². The van der Waals surface area contributed by atoms with Crippen molar-refractivity contribution in [3.63, 3.8) is 0 Å². The highest BCUT2D eigenvalue weighted by Gasteiger charge is 2.24. The van der Waals surface area contributed by atoms with Crippen molar-refractivity contribution in [3.05, 3.63) is 0 Å². The molecule has 1 aliphatic rings. The van der Waals surface area contributed by atoms with Crippen molar-refractivity contribution < 1.29 is 8.42 Å². The third-order valence-corrected chi connectivity index (χ3v) is 4.88. The van der Waals surface area contributed by atoms with Crippen molar-refractivity contribution in [3.8, 4) is 0 Å². The average molecular weight is 262 g/mol. The molecule has 2 unspecified atom stereocenters. The van der Waals surface area contributed by atoms with E-state index in [4.69, 9.17) is 0 Å². The van der Waals surface area contributed by atoms with Crippen LogP contribution in [0.1, 0.15) is 40.0 Å². The minimum absolute atomic E-state index is 0.173. The van der Waals surface area contributed by atoms with E-state index in [0.717, 1.165) is 6.42 Å². The highest BCUT2D eigenvalue weighted by molar-refractivity contribution is 7.89. The van der Waals surface area contributed by atoms with E-state index >= 15 is 0 Å². The molecule has 4 nitrogen and oxygen atoms in total. The highest BCUT2D eigenvalue weighted by atomic mass is 32.2. The van der Waals surface area contributed by atoms with E-state index in [9.17, 15) is 8.42 Å². The Morgan fingerprint density at radius 1 is 1.29 bits per heavy atom. The summed E-state index contributed by atoms with van der Waals surface area (Å²) in [5.74, 6) is 1.36. The van der Waals surface area contributed by atoms with E-state index in [-0.39, 0.29) is 5.75 Å². The van der Waals surface area contributed by atoms with Crippen LogP contribution in [-0.4, -0.2) is 33.3 Å². The number of hydrogen-bond donors (Lipinski definition) is 2. The van der Waals surface area contributed by atoms with Crippen LogP contribution >= 0.6 is 0 Å². The summed E-state index contributed by atoms with van der Waals surface area (Å²) in [7, 11) is -3.10. The molecule has 0 saturated heterocycles. The molecule has 0 radical (unpaired) electrons. The topological polar surface area (TPSA) is 58.2 Å². The van der Waals surface area contributed by atoms with Gasteiger partial charge in [-0.05, 0) is 18.3 Å². The second-order valence-corrected chi connectivity index (χ2v) is 7.37. The Morgan fingerprint density at radius 2 is 2.00 bits per heavy atom. The second-order valence-electron chi connectivity index (χ2n) is 5.44. The molecule has 102 valence electrons. The van der Waals surface area contributed by atoms with Gasteiger partial charge >= 0.3 is 0 Å². The van der Waals surface area contributed by atoms with Gasteiger partial charge in [0.25, 0.3) is 0 Å². The van der Waals surface area contributed by atoms with Gasteiger partial charge in [0, 0.05) is 19.1 Å². The van der Waals surface area contributed by atoms with Crippen molar-refractivity contribution in [2.75, 3.05) is 18.8 Å². The van der Waals surface area contributed by atoms with Gasteiger partial charge in [0.05, 0.1) is 5.75 Å². The molecule has 0 spiro atoms. The Balaban J connectivity index is 2.24. The zero-order valence-corrected chi connectivity index (χ0v) is 12.0. The van der Waals surface area contributed by atoms with Crippen LogP contribution in [0.2, 0.25) is 0 Å². The van der Waals surface area contributed by atoms with E-state index in [1.807, 2.05) is 13.8 Å². The first-order valence-electron chi connectivity index (χ1n) is 6.61. The predicted molar refractivity (Wildman–Crippen MR) is 71.4 cm³/mol. The van der Waals surface area contributed by atoms with Gasteiger partial charge in [-0.25, -0.2) is 13.1 Å². The van der Waals surface area contributed by atoms with Crippen molar-refractivity contribution in [1.82, 2.24) is 10.0 Å². The lowest BCUT2D eigenvalue weighted by molar-refractivity contribution is 0.414. The molecular formula is C12H26N2O2S. The zero-order valence-electron chi connectivity index (χ0n) is 11.2. The van der Waals surface area contributed by atoms with Gasteiger partial charge in [0.1, 0.15) is 0 Å². The predicted octanol–water partition coefficient (Wildman–Crippen LogP) is 1.34. The van der Waals surface area contributed by atoms with Crippen LogP contribution in [-0.2, 0) is 10.0 Å². The number of nitrogens with one attached hydrogen (secondary N) is 2. The van der Waals surface area contributed by atoms with Gasteiger partial charge in [-0.3, -0.25) is 0 Å². The summed E-state index contributed by atoms with van der Waals surface area (Å²) in [6.45, 7) is 7.38. The molecule has 0 aromatic carbocycles.